The lowest BCUT2D eigenvalue weighted by Crippen LogP contribution is -2.58. The zero-order valence-corrected chi connectivity index (χ0v) is 34.7. The van der Waals surface area contributed by atoms with E-state index in [0.717, 1.165) is 96.3 Å². The highest BCUT2D eigenvalue weighted by Gasteiger charge is 2.43. The molecule has 0 aromatic rings. The summed E-state index contributed by atoms with van der Waals surface area (Å²) >= 11 is 0. The molecule has 5 N–H and O–H groups in total. The van der Waals surface area contributed by atoms with Gasteiger partial charge in [-0.15, -0.1) is 0 Å². The van der Waals surface area contributed by atoms with E-state index in [2.05, 4.69) is 26.1 Å². The average Bonchev–Trinajstić information content (AvgIpc) is 3.11. The van der Waals surface area contributed by atoms with Gasteiger partial charge in [0.25, 0.3) is 0 Å². The first kappa shape index (κ1) is 50.2. The van der Waals surface area contributed by atoms with Crippen LogP contribution in [0.1, 0.15) is 183 Å². The van der Waals surface area contributed by atoms with E-state index >= 15 is 0 Å². The van der Waals surface area contributed by atoms with Crippen LogP contribution in [-0.2, 0) is 33.3 Å². The molecule has 1 aliphatic rings. The van der Waals surface area contributed by atoms with Crippen molar-refractivity contribution in [3.8, 4) is 0 Å². The van der Waals surface area contributed by atoms with E-state index in [1.165, 1.54) is 0 Å². The quantitative estimate of drug-likeness (QED) is 0.0359. The molecule has 54 heavy (non-hydrogen) atoms. The maximum absolute atomic E-state index is 13.5. The van der Waals surface area contributed by atoms with Gasteiger partial charge in [-0.3, -0.25) is 14.4 Å². The second-order valence-electron chi connectivity index (χ2n) is 16.0. The Hall–Kier alpha value is -1.83. The highest BCUT2D eigenvalue weighted by Crippen LogP contribution is 2.26. The van der Waals surface area contributed by atoms with Crippen molar-refractivity contribution < 1.29 is 53.8 Å². The van der Waals surface area contributed by atoms with Crippen LogP contribution in [0, 0.1) is 5.92 Å². The van der Waals surface area contributed by atoms with E-state index in [0.29, 0.717) is 31.6 Å². The summed E-state index contributed by atoms with van der Waals surface area (Å²) in [7, 11) is 0. The fourth-order valence-corrected chi connectivity index (χ4v) is 6.95. The molecule has 0 aromatic heterocycles. The van der Waals surface area contributed by atoms with Crippen LogP contribution in [0.2, 0.25) is 0 Å². The Morgan fingerprint density at radius 2 is 1.07 bits per heavy atom. The maximum Gasteiger partial charge on any atom is 0.309 e. The molecule has 0 saturated carbocycles. The second kappa shape index (κ2) is 30.3. The number of aliphatic hydroxyl groups excluding tert-OH is 4. The first-order chi connectivity index (χ1) is 25.8. The fourth-order valence-electron chi connectivity index (χ4n) is 6.95. The van der Waals surface area contributed by atoms with Crippen LogP contribution >= 0.6 is 0 Å². The highest BCUT2D eigenvalue weighted by atomic mass is 16.7. The van der Waals surface area contributed by atoms with Crippen molar-refractivity contribution in [2.75, 3.05) is 6.61 Å². The molecule has 1 rings (SSSR count). The number of carbonyl (C=O) groups excluding carboxylic acids is 3. The predicted molar refractivity (Wildman–Crippen MR) is 209 cm³/mol. The standard InChI is InChI=1S/C42H79NO11/c1-7-10-13-16-19-22-33(26-36(45)43-32(29-44)25-30(4)5)52-37(46)27-34(23-20-17-14-11-8-2)53-38(47)28-35(24-21-18-15-12-9-3)54-42-41(50)40(49)39(48)31(6)51-42/h30-35,39-42,44,48-50H,7-29H2,1-6H3,(H,43,45). The summed E-state index contributed by atoms with van der Waals surface area (Å²) in [6.45, 7) is 11.9. The Balaban J connectivity index is 3.04. The highest BCUT2D eigenvalue weighted by molar-refractivity contribution is 5.78. The van der Waals surface area contributed by atoms with E-state index in [1.807, 2.05) is 13.8 Å². The van der Waals surface area contributed by atoms with Gasteiger partial charge in [0.2, 0.25) is 5.91 Å². The van der Waals surface area contributed by atoms with Crippen LogP contribution in [-0.4, -0.2) is 99.9 Å². The molecule has 12 heteroatoms. The predicted octanol–water partition coefficient (Wildman–Crippen LogP) is 6.80. The van der Waals surface area contributed by atoms with Crippen molar-refractivity contribution in [3.63, 3.8) is 0 Å². The summed E-state index contributed by atoms with van der Waals surface area (Å²) in [5, 5.41) is 43.8. The fraction of sp³-hybridized carbons (Fsp3) is 0.929. The van der Waals surface area contributed by atoms with E-state index in [4.69, 9.17) is 18.9 Å². The van der Waals surface area contributed by atoms with Crippen molar-refractivity contribution in [2.45, 2.75) is 238 Å². The minimum absolute atomic E-state index is 0.00765. The van der Waals surface area contributed by atoms with Crippen molar-refractivity contribution >= 4 is 17.8 Å². The molecule has 0 aromatic carbocycles. The smallest absolute Gasteiger partial charge is 0.309 e. The monoisotopic (exact) mass is 774 g/mol. The summed E-state index contributed by atoms with van der Waals surface area (Å²) in [4.78, 5) is 40.0. The Labute approximate surface area is 326 Å². The molecule has 1 aliphatic heterocycles. The van der Waals surface area contributed by atoms with Crippen LogP contribution < -0.4 is 5.32 Å². The number of ether oxygens (including phenoxy) is 4. The van der Waals surface area contributed by atoms with Gasteiger partial charge in [-0.25, -0.2) is 0 Å². The molecule has 1 saturated heterocycles. The molecule has 318 valence electrons. The lowest BCUT2D eigenvalue weighted by Gasteiger charge is -2.40. The van der Waals surface area contributed by atoms with Crippen molar-refractivity contribution in [3.05, 3.63) is 0 Å². The van der Waals surface area contributed by atoms with Gasteiger partial charge in [-0.05, 0) is 51.4 Å². The minimum Gasteiger partial charge on any atom is -0.462 e. The zero-order valence-electron chi connectivity index (χ0n) is 34.7. The van der Waals surface area contributed by atoms with Crippen LogP contribution in [0.25, 0.3) is 0 Å². The third-order valence-electron chi connectivity index (χ3n) is 10.2. The maximum atomic E-state index is 13.5. The van der Waals surface area contributed by atoms with Crippen molar-refractivity contribution in [1.82, 2.24) is 5.32 Å². The van der Waals surface area contributed by atoms with E-state index in [9.17, 15) is 34.8 Å². The molecule has 0 bridgehead atoms. The summed E-state index contributed by atoms with van der Waals surface area (Å²) in [5.41, 5.74) is 0. The van der Waals surface area contributed by atoms with Gasteiger partial charge < -0.3 is 44.7 Å². The van der Waals surface area contributed by atoms with Gasteiger partial charge in [-0.2, -0.15) is 0 Å². The molecular weight excluding hydrogens is 694 g/mol. The minimum atomic E-state index is -1.49. The molecule has 1 amide bonds. The molecule has 0 radical (unpaired) electrons. The number of carbonyl (C=O) groups is 3. The third kappa shape index (κ3) is 22.7. The number of esters is 2. The summed E-state index contributed by atoms with van der Waals surface area (Å²) in [6, 6.07) is -0.368. The Kier molecular flexibility index (Phi) is 28.2. The molecule has 9 atom stereocenters. The van der Waals surface area contributed by atoms with Gasteiger partial charge in [0, 0.05) is 0 Å². The number of hydrogen-bond donors (Lipinski definition) is 5. The van der Waals surface area contributed by atoms with Gasteiger partial charge >= 0.3 is 11.9 Å². The number of hydrogen-bond acceptors (Lipinski definition) is 11. The van der Waals surface area contributed by atoms with Crippen LogP contribution in [0.15, 0.2) is 0 Å². The number of nitrogens with one attached hydrogen (secondary N) is 1. The molecule has 0 spiro atoms. The first-order valence-electron chi connectivity index (χ1n) is 21.5. The zero-order chi connectivity index (χ0) is 40.3. The molecule has 9 unspecified atom stereocenters. The van der Waals surface area contributed by atoms with E-state index in [1.54, 1.807) is 6.92 Å². The van der Waals surface area contributed by atoms with Gasteiger partial charge in [0.05, 0.1) is 44.1 Å². The van der Waals surface area contributed by atoms with Gasteiger partial charge in [0.15, 0.2) is 6.29 Å². The topological polar surface area (TPSA) is 181 Å². The first-order valence-corrected chi connectivity index (χ1v) is 21.5. The number of amides is 1. The van der Waals surface area contributed by atoms with Crippen LogP contribution in [0.5, 0.6) is 0 Å². The van der Waals surface area contributed by atoms with Gasteiger partial charge in [-0.1, -0.05) is 118 Å². The van der Waals surface area contributed by atoms with Crippen LogP contribution in [0.4, 0.5) is 0 Å². The second-order valence-corrected chi connectivity index (χ2v) is 16.0. The normalized spacial score (nSPS) is 22.4. The van der Waals surface area contributed by atoms with E-state index < -0.39 is 61.0 Å². The molecular formula is C42H79NO11. The van der Waals surface area contributed by atoms with Crippen molar-refractivity contribution in [2.24, 2.45) is 5.92 Å². The average molecular weight is 774 g/mol. The lowest BCUT2D eigenvalue weighted by atomic mass is 9.99. The van der Waals surface area contributed by atoms with Crippen LogP contribution in [0.3, 0.4) is 0 Å². The number of aliphatic hydroxyl groups is 4. The lowest BCUT2D eigenvalue weighted by molar-refractivity contribution is -0.304. The summed E-state index contributed by atoms with van der Waals surface area (Å²) < 4.78 is 23.6. The van der Waals surface area contributed by atoms with E-state index in [-0.39, 0.29) is 37.8 Å². The summed E-state index contributed by atoms with van der Waals surface area (Å²) in [6.07, 6.45) is 8.52. The SMILES string of the molecule is CCCCCCCC(CC(=O)NC(CO)CC(C)C)OC(=O)CC(CCCCCCC)OC(=O)CC(CCCCCCC)OC1OC(C)C(O)C(O)C1O. The van der Waals surface area contributed by atoms with Gasteiger partial charge in [0.1, 0.15) is 30.5 Å². The Morgan fingerprint density at radius 1 is 0.630 bits per heavy atom. The number of rotatable bonds is 32. The third-order valence-corrected chi connectivity index (χ3v) is 10.2. The van der Waals surface area contributed by atoms with Crippen molar-refractivity contribution in [1.29, 1.82) is 0 Å². The molecule has 1 heterocycles. The largest absolute Gasteiger partial charge is 0.462 e. The summed E-state index contributed by atoms with van der Waals surface area (Å²) in [5.74, 6) is -1.06. The Bertz CT molecular complexity index is 982. The Morgan fingerprint density at radius 3 is 1.54 bits per heavy atom. The molecule has 1 fully saturated rings. The number of unbranched alkanes of at least 4 members (excludes halogenated alkanes) is 12. The molecule has 12 nitrogen and oxygen atoms in total. The molecule has 0 aliphatic carbocycles.